The molecule has 1 heterocycles. The Morgan fingerprint density at radius 1 is 1.36 bits per heavy atom. The van der Waals surface area contributed by atoms with Gasteiger partial charge in [-0.3, -0.25) is 0 Å². The predicted octanol–water partition coefficient (Wildman–Crippen LogP) is 0.0462. The van der Waals surface area contributed by atoms with Crippen LogP contribution in [0.1, 0.15) is 19.3 Å². The van der Waals surface area contributed by atoms with Gasteiger partial charge in [-0.05, 0) is 19.3 Å². The molecule has 0 atom stereocenters. The van der Waals surface area contributed by atoms with Gasteiger partial charge in [0.2, 0.25) is 5.96 Å². The quantitative estimate of drug-likeness (QED) is 0.515. The van der Waals surface area contributed by atoms with Crippen LogP contribution in [0.5, 0.6) is 0 Å². The average molecular weight is 153 g/mol. The third-order valence-corrected chi connectivity index (χ3v) is 1.18. The first-order chi connectivity index (χ1) is 5.39. The van der Waals surface area contributed by atoms with Gasteiger partial charge in [-0.1, -0.05) is 0 Å². The fraction of sp³-hybridized carbons (Fsp3) is 0.500. The molecule has 1 rings (SSSR count). The van der Waals surface area contributed by atoms with Gasteiger partial charge in [-0.25, -0.2) is 5.43 Å². The smallest absolute Gasteiger partial charge is 0.234 e. The summed E-state index contributed by atoms with van der Waals surface area (Å²) in [7, 11) is 0. The maximum Gasteiger partial charge on any atom is 0.234 e. The van der Waals surface area contributed by atoms with E-state index < -0.39 is 0 Å². The summed E-state index contributed by atoms with van der Waals surface area (Å²) in [6, 6.07) is 0. The molecule has 0 aromatic rings. The fourth-order valence-corrected chi connectivity index (χ4v) is 0.660. The van der Waals surface area contributed by atoms with E-state index in [0.29, 0.717) is 0 Å². The lowest BCUT2D eigenvalue weighted by atomic mass is 10.3. The maximum absolute atomic E-state index is 5.34. The number of nitrogens with one attached hydrogen (secondary N) is 1. The summed E-state index contributed by atoms with van der Waals surface area (Å²) in [5, 5.41) is 11.1. The largest absolute Gasteiger partial charge is 0.367 e. The number of hydrogen-bond acceptors (Lipinski definition) is 5. The van der Waals surface area contributed by atoms with E-state index in [1.54, 1.807) is 12.4 Å². The Kier molecular flexibility index (Phi) is 3.11. The van der Waals surface area contributed by atoms with Crippen LogP contribution in [-0.4, -0.2) is 18.4 Å². The van der Waals surface area contributed by atoms with E-state index in [-0.39, 0.29) is 5.96 Å². The summed E-state index contributed by atoms with van der Waals surface area (Å²) in [5.41, 5.74) is 7.87. The molecule has 0 aliphatic carbocycles. The van der Waals surface area contributed by atoms with E-state index in [1.165, 1.54) is 0 Å². The number of nitrogens with two attached hydrogens (primary N) is 1. The summed E-state index contributed by atoms with van der Waals surface area (Å²) in [6.07, 6.45) is 6.43. The highest BCUT2D eigenvalue weighted by atomic mass is 15.4. The van der Waals surface area contributed by atoms with Gasteiger partial charge in [0.1, 0.15) is 0 Å². The van der Waals surface area contributed by atoms with Crippen LogP contribution < -0.4 is 11.2 Å². The molecule has 60 valence electrons. The Labute approximate surface area is 65.1 Å². The highest BCUT2D eigenvalue weighted by molar-refractivity contribution is 5.79. The molecule has 0 bridgehead atoms. The maximum atomic E-state index is 5.34. The van der Waals surface area contributed by atoms with Crippen molar-refractivity contribution in [3.8, 4) is 0 Å². The van der Waals surface area contributed by atoms with Crippen molar-refractivity contribution in [3.63, 3.8) is 0 Å². The lowest BCUT2D eigenvalue weighted by Gasteiger charge is -1.96. The standard InChI is InChI=1S/C6H11N5/c7-6-10-8-4-2-1-3-5-9-11-6/h4-5H,1-3H2,(H3,7,10,11). The minimum Gasteiger partial charge on any atom is -0.367 e. The Bertz CT molecular complexity index is 193. The monoisotopic (exact) mass is 153 g/mol. The first-order valence-electron chi connectivity index (χ1n) is 3.52. The van der Waals surface area contributed by atoms with Crippen LogP contribution in [0.2, 0.25) is 0 Å². The minimum absolute atomic E-state index is 0.222. The van der Waals surface area contributed by atoms with E-state index in [0.717, 1.165) is 19.3 Å². The molecule has 11 heavy (non-hydrogen) atoms. The van der Waals surface area contributed by atoms with Crippen molar-refractivity contribution in [1.29, 1.82) is 0 Å². The fourth-order valence-electron chi connectivity index (χ4n) is 0.660. The SMILES string of the molecule is NC1=NN=CCCCC=NN1. The molecule has 1 aliphatic rings. The van der Waals surface area contributed by atoms with Crippen LogP contribution in [0.15, 0.2) is 15.3 Å². The first kappa shape index (κ1) is 7.71. The molecule has 0 amide bonds. The van der Waals surface area contributed by atoms with Crippen molar-refractivity contribution < 1.29 is 0 Å². The van der Waals surface area contributed by atoms with Crippen LogP contribution >= 0.6 is 0 Å². The van der Waals surface area contributed by atoms with E-state index in [1.807, 2.05) is 0 Å². The van der Waals surface area contributed by atoms with Gasteiger partial charge in [0.25, 0.3) is 0 Å². The van der Waals surface area contributed by atoms with Crippen molar-refractivity contribution in [2.45, 2.75) is 19.3 Å². The van der Waals surface area contributed by atoms with Gasteiger partial charge >= 0.3 is 0 Å². The molecule has 0 aromatic carbocycles. The summed E-state index contributed by atoms with van der Waals surface area (Å²) in [6.45, 7) is 0. The number of hydrogen-bond donors (Lipinski definition) is 2. The number of hydrazone groups is 1. The second kappa shape index (κ2) is 4.43. The van der Waals surface area contributed by atoms with Crippen molar-refractivity contribution in [3.05, 3.63) is 0 Å². The molecule has 0 fully saturated rings. The molecule has 5 heteroatoms. The summed E-state index contributed by atoms with van der Waals surface area (Å²) in [5.74, 6) is 0.222. The predicted molar refractivity (Wildman–Crippen MR) is 45.6 cm³/mol. The average Bonchev–Trinajstić information content (AvgIpc) is 2.03. The molecule has 0 spiro atoms. The normalized spacial score (nSPS) is 18.7. The topological polar surface area (TPSA) is 75.1 Å². The van der Waals surface area contributed by atoms with Crippen molar-refractivity contribution in [2.24, 2.45) is 21.0 Å². The van der Waals surface area contributed by atoms with Crippen molar-refractivity contribution >= 4 is 18.4 Å². The second-order valence-corrected chi connectivity index (χ2v) is 2.14. The van der Waals surface area contributed by atoms with E-state index >= 15 is 0 Å². The second-order valence-electron chi connectivity index (χ2n) is 2.14. The summed E-state index contributed by atoms with van der Waals surface area (Å²) >= 11 is 0. The Balaban J connectivity index is 2.52. The van der Waals surface area contributed by atoms with Crippen LogP contribution in [-0.2, 0) is 0 Å². The Hall–Kier alpha value is -1.39. The van der Waals surface area contributed by atoms with Gasteiger partial charge in [-0.2, -0.15) is 10.2 Å². The van der Waals surface area contributed by atoms with Crippen molar-refractivity contribution in [1.82, 2.24) is 5.43 Å². The molecular weight excluding hydrogens is 142 g/mol. The summed E-state index contributed by atoms with van der Waals surface area (Å²) in [4.78, 5) is 0. The zero-order chi connectivity index (χ0) is 7.94. The lowest BCUT2D eigenvalue weighted by Crippen LogP contribution is -2.26. The molecule has 0 unspecified atom stereocenters. The van der Waals surface area contributed by atoms with Gasteiger partial charge in [0, 0.05) is 12.4 Å². The molecular formula is C6H11N5. The van der Waals surface area contributed by atoms with Gasteiger partial charge in [-0.15, -0.1) is 5.10 Å². The number of rotatable bonds is 0. The van der Waals surface area contributed by atoms with Crippen LogP contribution in [0, 0.1) is 0 Å². The van der Waals surface area contributed by atoms with E-state index in [4.69, 9.17) is 5.73 Å². The van der Waals surface area contributed by atoms with Crippen LogP contribution in [0.4, 0.5) is 0 Å². The first-order valence-corrected chi connectivity index (χ1v) is 3.52. The summed E-state index contributed by atoms with van der Waals surface area (Å²) < 4.78 is 0. The minimum atomic E-state index is 0.222. The van der Waals surface area contributed by atoms with E-state index in [2.05, 4.69) is 20.7 Å². The molecule has 0 aromatic heterocycles. The lowest BCUT2D eigenvalue weighted by molar-refractivity contribution is 0.906. The number of nitrogens with zero attached hydrogens (tertiary/aromatic N) is 3. The van der Waals surface area contributed by atoms with Crippen LogP contribution in [0.3, 0.4) is 0 Å². The molecule has 0 saturated heterocycles. The highest BCUT2D eigenvalue weighted by Crippen LogP contribution is 1.90. The molecule has 3 N–H and O–H groups in total. The molecule has 5 nitrogen and oxygen atoms in total. The van der Waals surface area contributed by atoms with Gasteiger partial charge in [0.15, 0.2) is 0 Å². The zero-order valence-electron chi connectivity index (χ0n) is 6.20. The Morgan fingerprint density at radius 3 is 3.09 bits per heavy atom. The van der Waals surface area contributed by atoms with Crippen molar-refractivity contribution in [2.75, 3.05) is 0 Å². The molecule has 1 aliphatic heterocycles. The highest BCUT2D eigenvalue weighted by Gasteiger charge is 1.87. The van der Waals surface area contributed by atoms with E-state index in [9.17, 15) is 0 Å². The number of guanidine groups is 1. The molecule has 0 saturated carbocycles. The Morgan fingerprint density at radius 2 is 2.18 bits per heavy atom. The third kappa shape index (κ3) is 3.34. The molecule has 0 radical (unpaired) electrons. The van der Waals surface area contributed by atoms with Gasteiger partial charge in [0.05, 0.1) is 0 Å². The zero-order valence-corrected chi connectivity index (χ0v) is 6.20. The van der Waals surface area contributed by atoms with Gasteiger partial charge < -0.3 is 5.73 Å². The third-order valence-electron chi connectivity index (χ3n) is 1.18. The van der Waals surface area contributed by atoms with Crippen LogP contribution in [0.25, 0.3) is 0 Å².